The van der Waals surface area contributed by atoms with E-state index in [2.05, 4.69) is 21.2 Å². The first kappa shape index (κ1) is 15.1. The van der Waals surface area contributed by atoms with Crippen LogP contribution in [0.3, 0.4) is 0 Å². The molecule has 0 saturated carbocycles. The number of nitrogens with one attached hydrogen (secondary N) is 1. The normalized spacial score (nSPS) is 12.2. The summed E-state index contributed by atoms with van der Waals surface area (Å²) in [6.07, 6.45) is 0.495. The Hall–Kier alpha value is -0.980. The summed E-state index contributed by atoms with van der Waals surface area (Å²) in [7, 11) is 1.54. The molecule has 1 aromatic carbocycles. The van der Waals surface area contributed by atoms with Gasteiger partial charge in [-0.25, -0.2) is 4.39 Å². The topological polar surface area (TPSA) is 58.6 Å². The van der Waals surface area contributed by atoms with E-state index in [0.717, 1.165) is 6.07 Å². The minimum atomic E-state index is -0.494. The van der Waals surface area contributed by atoms with Crippen LogP contribution >= 0.6 is 15.9 Å². The minimum absolute atomic E-state index is 0.189. The van der Waals surface area contributed by atoms with E-state index >= 15 is 0 Å². The van der Waals surface area contributed by atoms with E-state index in [-0.39, 0.29) is 12.2 Å². The van der Waals surface area contributed by atoms with E-state index in [4.69, 9.17) is 9.84 Å². The Morgan fingerprint density at radius 3 is 2.83 bits per heavy atom. The summed E-state index contributed by atoms with van der Waals surface area (Å²) in [6, 6.07) is 3.53. The van der Waals surface area contributed by atoms with Crippen molar-refractivity contribution in [3.05, 3.63) is 34.1 Å². The van der Waals surface area contributed by atoms with E-state index in [1.807, 2.05) is 0 Å². The Labute approximate surface area is 113 Å². The molecule has 0 radical (unpaired) electrons. The molecule has 100 valence electrons. The standard InChI is InChI=1S/C12H15BrFNO3/c1-18-3-2-11(7-16)15-12(17)8-4-9(13)6-10(14)5-8/h4-6,11,16H,2-3,7H2,1H3,(H,15,17). The maximum atomic E-state index is 13.1. The van der Waals surface area contributed by atoms with E-state index in [1.165, 1.54) is 12.1 Å². The molecule has 1 rings (SSSR count). The summed E-state index contributed by atoms with van der Waals surface area (Å²) in [5.41, 5.74) is 0.206. The molecule has 6 heteroatoms. The highest BCUT2D eigenvalue weighted by Crippen LogP contribution is 2.15. The van der Waals surface area contributed by atoms with Crippen molar-refractivity contribution in [2.24, 2.45) is 0 Å². The number of methoxy groups -OCH3 is 1. The van der Waals surface area contributed by atoms with Crippen molar-refractivity contribution in [3.63, 3.8) is 0 Å². The van der Waals surface area contributed by atoms with Gasteiger partial charge in [-0.05, 0) is 24.6 Å². The fourth-order valence-corrected chi connectivity index (χ4v) is 1.89. The number of halogens is 2. The van der Waals surface area contributed by atoms with Crippen LogP contribution in [0.5, 0.6) is 0 Å². The maximum absolute atomic E-state index is 13.1. The Kier molecular flexibility index (Phi) is 6.24. The molecule has 0 spiro atoms. The largest absolute Gasteiger partial charge is 0.394 e. The molecule has 1 unspecified atom stereocenters. The molecule has 0 heterocycles. The lowest BCUT2D eigenvalue weighted by Crippen LogP contribution is -2.38. The van der Waals surface area contributed by atoms with E-state index in [1.54, 1.807) is 7.11 Å². The first-order valence-electron chi connectivity index (χ1n) is 5.43. The number of hydrogen-bond acceptors (Lipinski definition) is 3. The van der Waals surface area contributed by atoms with Gasteiger partial charge >= 0.3 is 0 Å². The zero-order valence-corrected chi connectivity index (χ0v) is 11.5. The van der Waals surface area contributed by atoms with Gasteiger partial charge in [0, 0.05) is 23.8 Å². The molecule has 4 nitrogen and oxygen atoms in total. The molecule has 1 atom stereocenters. The van der Waals surface area contributed by atoms with Crippen LogP contribution in [-0.2, 0) is 4.74 Å². The SMILES string of the molecule is COCCC(CO)NC(=O)c1cc(F)cc(Br)c1. The Morgan fingerprint density at radius 2 is 2.28 bits per heavy atom. The van der Waals surface area contributed by atoms with Crippen LogP contribution in [0.4, 0.5) is 4.39 Å². The van der Waals surface area contributed by atoms with Crippen LogP contribution in [0.2, 0.25) is 0 Å². The summed E-state index contributed by atoms with van der Waals surface area (Å²) in [5.74, 6) is -0.919. The van der Waals surface area contributed by atoms with Crippen molar-refractivity contribution in [2.45, 2.75) is 12.5 Å². The van der Waals surface area contributed by atoms with Crippen LogP contribution in [0.15, 0.2) is 22.7 Å². The second-order valence-corrected chi connectivity index (χ2v) is 4.71. The Balaban J connectivity index is 2.68. The van der Waals surface area contributed by atoms with Gasteiger partial charge in [0.05, 0.1) is 12.6 Å². The second-order valence-electron chi connectivity index (χ2n) is 3.79. The van der Waals surface area contributed by atoms with Crippen LogP contribution < -0.4 is 5.32 Å². The lowest BCUT2D eigenvalue weighted by Gasteiger charge is -2.15. The lowest BCUT2D eigenvalue weighted by molar-refractivity contribution is 0.0894. The molecule has 0 aliphatic rings. The molecule has 0 aliphatic carbocycles. The third-order valence-electron chi connectivity index (χ3n) is 2.35. The number of aliphatic hydroxyl groups excluding tert-OH is 1. The highest BCUT2D eigenvalue weighted by atomic mass is 79.9. The van der Waals surface area contributed by atoms with E-state index in [9.17, 15) is 9.18 Å². The summed E-state index contributed by atoms with van der Waals surface area (Å²) in [5, 5.41) is 11.7. The van der Waals surface area contributed by atoms with Gasteiger partial charge < -0.3 is 15.2 Å². The van der Waals surface area contributed by atoms with Crippen molar-refractivity contribution in [3.8, 4) is 0 Å². The molecule has 0 aromatic heterocycles. The second kappa shape index (κ2) is 7.45. The first-order valence-corrected chi connectivity index (χ1v) is 6.23. The molecule has 1 aromatic rings. The number of hydrogen-bond donors (Lipinski definition) is 2. The molecule has 0 bridgehead atoms. The molecule has 0 fully saturated rings. The summed E-state index contributed by atoms with van der Waals surface area (Å²) in [4.78, 5) is 11.8. The highest BCUT2D eigenvalue weighted by Gasteiger charge is 2.14. The average Bonchev–Trinajstić information content (AvgIpc) is 2.32. The van der Waals surface area contributed by atoms with Gasteiger partial charge in [0.25, 0.3) is 5.91 Å². The zero-order valence-electron chi connectivity index (χ0n) is 9.95. The van der Waals surface area contributed by atoms with Gasteiger partial charge in [0.15, 0.2) is 0 Å². The van der Waals surface area contributed by atoms with Gasteiger partial charge in [0.1, 0.15) is 5.82 Å². The molecule has 2 N–H and O–H groups in total. The van der Waals surface area contributed by atoms with Crippen molar-refractivity contribution >= 4 is 21.8 Å². The maximum Gasteiger partial charge on any atom is 0.251 e. The number of rotatable bonds is 6. The Bertz CT molecular complexity index is 394. The van der Waals surface area contributed by atoms with Gasteiger partial charge in [-0.15, -0.1) is 0 Å². The molecule has 0 saturated heterocycles. The molecule has 18 heavy (non-hydrogen) atoms. The van der Waals surface area contributed by atoms with Gasteiger partial charge in [-0.1, -0.05) is 15.9 Å². The highest BCUT2D eigenvalue weighted by molar-refractivity contribution is 9.10. The van der Waals surface area contributed by atoms with Gasteiger partial charge in [0.2, 0.25) is 0 Å². The average molecular weight is 320 g/mol. The Morgan fingerprint density at radius 1 is 1.56 bits per heavy atom. The molecular formula is C12H15BrFNO3. The zero-order chi connectivity index (χ0) is 13.5. The van der Waals surface area contributed by atoms with Crippen molar-refractivity contribution in [1.29, 1.82) is 0 Å². The first-order chi connectivity index (χ1) is 8.56. The van der Waals surface area contributed by atoms with Crippen LogP contribution in [0.25, 0.3) is 0 Å². The molecule has 1 amide bonds. The van der Waals surface area contributed by atoms with Crippen molar-refractivity contribution < 1.29 is 19.0 Å². The fourth-order valence-electron chi connectivity index (χ4n) is 1.42. The monoisotopic (exact) mass is 319 g/mol. The summed E-state index contributed by atoms with van der Waals surface area (Å²) in [6.45, 7) is 0.240. The quantitative estimate of drug-likeness (QED) is 0.839. The number of carbonyl (C=O) groups is 1. The molecular weight excluding hydrogens is 305 g/mol. The lowest BCUT2D eigenvalue weighted by atomic mass is 10.1. The van der Waals surface area contributed by atoms with Crippen molar-refractivity contribution in [2.75, 3.05) is 20.3 Å². The van der Waals surface area contributed by atoms with E-state index < -0.39 is 17.8 Å². The van der Waals surface area contributed by atoms with Crippen LogP contribution in [-0.4, -0.2) is 37.4 Å². The minimum Gasteiger partial charge on any atom is -0.394 e. The third kappa shape index (κ3) is 4.72. The number of carbonyl (C=O) groups excluding carboxylic acids is 1. The number of ether oxygens (including phenoxy) is 1. The van der Waals surface area contributed by atoms with Gasteiger partial charge in [-0.3, -0.25) is 4.79 Å². The predicted octanol–water partition coefficient (Wildman–Crippen LogP) is 1.72. The van der Waals surface area contributed by atoms with Crippen molar-refractivity contribution in [1.82, 2.24) is 5.32 Å². The summed E-state index contributed by atoms with van der Waals surface area (Å²) >= 11 is 3.12. The predicted molar refractivity (Wildman–Crippen MR) is 68.9 cm³/mol. The van der Waals surface area contributed by atoms with Crippen LogP contribution in [0, 0.1) is 5.82 Å². The van der Waals surface area contributed by atoms with E-state index in [0.29, 0.717) is 17.5 Å². The summed E-state index contributed by atoms with van der Waals surface area (Å²) < 4.78 is 18.5. The smallest absolute Gasteiger partial charge is 0.251 e. The number of benzene rings is 1. The fraction of sp³-hybridized carbons (Fsp3) is 0.417. The van der Waals surface area contributed by atoms with Crippen LogP contribution in [0.1, 0.15) is 16.8 Å². The van der Waals surface area contributed by atoms with Gasteiger partial charge in [-0.2, -0.15) is 0 Å². The molecule has 0 aliphatic heterocycles. The number of amides is 1. The third-order valence-corrected chi connectivity index (χ3v) is 2.81. The number of aliphatic hydroxyl groups is 1.